The van der Waals surface area contributed by atoms with Gasteiger partial charge in [-0.25, -0.2) is 0 Å². The summed E-state index contributed by atoms with van der Waals surface area (Å²) in [7, 11) is -5.67. The molecule has 2 bridgehead atoms. The molecule has 6 nitrogen and oxygen atoms in total. The molecule has 2 aliphatic carbocycles. The van der Waals surface area contributed by atoms with E-state index in [1.165, 1.54) is 0 Å². The predicted octanol–water partition coefficient (Wildman–Crippen LogP) is 1.80. The van der Waals surface area contributed by atoms with Crippen LogP contribution < -0.4 is 0 Å². The van der Waals surface area contributed by atoms with Crippen molar-refractivity contribution in [2.45, 2.75) is 45.3 Å². The van der Waals surface area contributed by atoms with E-state index >= 15 is 0 Å². The van der Waals surface area contributed by atoms with Crippen LogP contribution in [-0.2, 0) is 24.4 Å². The van der Waals surface area contributed by atoms with E-state index in [1.54, 1.807) is 20.8 Å². The van der Waals surface area contributed by atoms with Gasteiger partial charge in [0.05, 0.1) is 5.41 Å². The molecule has 0 aromatic carbocycles. The molecule has 0 radical (unpaired) electrons. The number of halogens is 2. The highest BCUT2D eigenvalue weighted by molar-refractivity contribution is 7.86. The largest absolute Gasteiger partial charge is 0.457 e. The van der Waals surface area contributed by atoms with Gasteiger partial charge in [-0.3, -0.25) is 14.1 Å². The maximum absolute atomic E-state index is 13.2. The van der Waals surface area contributed by atoms with Gasteiger partial charge in [0, 0.05) is 11.8 Å². The lowest BCUT2D eigenvalue weighted by Crippen LogP contribution is -2.43. The molecule has 22 heavy (non-hydrogen) atoms. The molecule has 2 rings (SSSR count). The molecule has 2 atom stereocenters. The van der Waals surface area contributed by atoms with Gasteiger partial charge < -0.3 is 4.74 Å². The van der Waals surface area contributed by atoms with E-state index < -0.39 is 44.2 Å². The molecule has 9 heteroatoms. The fourth-order valence-corrected chi connectivity index (χ4v) is 3.88. The number of Topliss-reactive ketones (excluding diaryl/α,β-unsaturated/α-hetero) is 1. The highest BCUT2D eigenvalue weighted by atomic mass is 32.2. The number of esters is 1. The first-order valence-corrected chi connectivity index (χ1v) is 8.21. The first-order valence-electron chi connectivity index (χ1n) is 6.77. The van der Waals surface area contributed by atoms with E-state index in [2.05, 4.69) is 4.74 Å². The van der Waals surface area contributed by atoms with Crippen LogP contribution in [0.4, 0.5) is 8.78 Å². The Kier molecular flexibility index (Phi) is 3.51. The Bertz CT molecular complexity index is 641. The Morgan fingerprint density at radius 2 is 1.86 bits per heavy atom. The molecule has 2 unspecified atom stereocenters. The molecule has 126 valence electrons. The van der Waals surface area contributed by atoms with Crippen LogP contribution in [0.15, 0.2) is 0 Å². The third-order valence-electron chi connectivity index (χ3n) is 5.84. The second-order valence-corrected chi connectivity index (χ2v) is 8.38. The maximum Gasteiger partial charge on any atom is 0.402 e. The summed E-state index contributed by atoms with van der Waals surface area (Å²) in [5.41, 5.74) is -2.73. The van der Waals surface area contributed by atoms with E-state index in [4.69, 9.17) is 4.55 Å². The fraction of sp³-hybridized carbons (Fsp3) is 0.846. The Morgan fingerprint density at radius 3 is 2.23 bits per heavy atom. The van der Waals surface area contributed by atoms with Crippen LogP contribution in [0, 0.1) is 16.2 Å². The molecule has 2 fully saturated rings. The summed E-state index contributed by atoms with van der Waals surface area (Å²) in [5, 5.41) is -4.58. The molecule has 0 aromatic rings. The first kappa shape index (κ1) is 17.3. The smallest absolute Gasteiger partial charge is 0.402 e. The van der Waals surface area contributed by atoms with Crippen molar-refractivity contribution in [3.8, 4) is 0 Å². The highest BCUT2D eigenvalue weighted by Crippen LogP contribution is 2.70. The molecule has 0 spiro atoms. The number of hydrogen-bond acceptors (Lipinski definition) is 5. The normalized spacial score (nSPS) is 34.0. The van der Waals surface area contributed by atoms with Gasteiger partial charge in [0.15, 0.2) is 6.61 Å². The Labute approximate surface area is 127 Å². The second-order valence-electron chi connectivity index (χ2n) is 6.83. The standard InChI is InChI=1S/C13H18F2O6S/c1-10(2)11(3)4-5-12(10,6-8(11)16)9(17)21-7-13(14,15)22(18,19)20/h4-7H2,1-3H3,(H,18,19,20). The molecule has 2 saturated carbocycles. The van der Waals surface area contributed by atoms with E-state index in [0.717, 1.165) is 0 Å². The van der Waals surface area contributed by atoms with Crippen molar-refractivity contribution in [3.63, 3.8) is 0 Å². The van der Waals surface area contributed by atoms with Gasteiger partial charge in [0.2, 0.25) is 0 Å². The van der Waals surface area contributed by atoms with E-state index in [0.29, 0.717) is 12.8 Å². The van der Waals surface area contributed by atoms with Crippen molar-refractivity contribution in [1.29, 1.82) is 0 Å². The summed E-state index contributed by atoms with van der Waals surface area (Å²) in [5.74, 6) is -1.14. The maximum atomic E-state index is 13.2. The summed E-state index contributed by atoms with van der Waals surface area (Å²) >= 11 is 0. The summed E-state index contributed by atoms with van der Waals surface area (Å²) in [4.78, 5) is 24.5. The Hall–Kier alpha value is -1.09. The number of ether oxygens (including phenoxy) is 1. The van der Waals surface area contributed by atoms with E-state index in [-0.39, 0.29) is 12.2 Å². The van der Waals surface area contributed by atoms with Crippen molar-refractivity contribution < 1.29 is 36.1 Å². The third kappa shape index (κ3) is 1.94. The molecule has 0 amide bonds. The van der Waals surface area contributed by atoms with E-state index in [1.807, 2.05) is 0 Å². The number of ketones is 1. The number of alkyl halides is 2. The van der Waals surface area contributed by atoms with Crippen LogP contribution in [0.1, 0.15) is 40.0 Å². The van der Waals surface area contributed by atoms with Crippen LogP contribution in [0.3, 0.4) is 0 Å². The SMILES string of the molecule is CC12CCC(C(=O)OCC(F)(F)S(=O)(=O)O)(CC1=O)C2(C)C. The quantitative estimate of drug-likeness (QED) is 0.619. The van der Waals surface area contributed by atoms with Gasteiger partial charge in [-0.15, -0.1) is 0 Å². The highest BCUT2D eigenvalue weighted by Gasteiger charge is 2.73. The Balaban J connectivity index is 2.23. The van der Waals surface area contributed by atoms with Gasteiger partial charge >= 0.3 is 21.3 Å². The van der Waals surface area contributed by atoms with Gasteiger partial charge in [0.1, 0.15) is 5.78 Å². The minimum atomic E-state index is -5.67. The van der Waals surface area contributed by atoms with Gasteiger partial charge in [-0.05, 0) is 18.3 Å². The zero-order valence-electron chi connectivity index (χ0n) is 12.5. The molecule has 2 aliphatic rings. The van der Waals surface area contributed by atoms with Crippen LogP contribution in [0.25, 0.3) is 0 Å². The minimum Gasteiger partial charge on any atom is -0.457 e. The summed E-state index contributed by atoms with van der Waals surface area (Å²) in [6.07, 6.45) is 0.661. The average molecular weight is 340 g/mol. The van der Waals surface area contributed by atoms with Crippen molar-refractivity contribution in [1.82, 2.24) is 0 Å². The van der Waals surface area contributed by atoms with Gasteiger partial charge in [0.25, 0.3) is 0 Å². The first-order chi connectivity index (χ1) is 9.71. The topological polar surface area (TPSA) is 97.7 Å². The van der Waals surface area contributed by atoms with Gasteiger partial charge in [-0.2, -0.15) is 17.2 Å². The Morgan fingerprint density at radius 1 is 1.32 bits per heavy atom. The summed E-state index contributed by atoms with van der Waals surface area (Å²) in [6.45, 7) is 3.40. The molecule has 0 heterocycles. The zero-order chi connectivity index (χ0) is 17.2. The second kappa shape index (κ2) is 4.47. The van der Waals surface area contributed by atoms with Crippen molar-refractivity contribution in [2.75, 3.05) is 6.61 Å². The summed E-state index contributed by atoms with van der Waals surface area (Å²) < 4.78 is 60.3. The van der Waals surface area contributed by atoms with Crippen molar-refractivity contribution in [2.24, 2.45) is 16.2 Å². The molecule has 0 saturated heterocycles. The fourth-order valence-electron chi connectivity index (χ4n) is 3.67. The van der Waals surface area contributed by atoms with Crippen molar-refractivity contribution >= 4 is 21.9 Å². The van der Waals surface area contributed by atoms with Crippen LogP contribution in [-0.4, -0.2) is 36.6 Å². The lowest BCUT2D eigenvalue weighted by Gasteiger charge is -2.38. The van der Waals surface area contributed by atoms with Gasteiger partial charge in [-0.1, -0.05) is 20.8 Å². The number of hydrogen-bond donors (Lipinski definition) is 1. The monoisotopic (exact) mass is 340 g/mol. The van der Waals surface area contributed by atoms with Crippen LogP contribution >= 0.6 is 0 Å². The third-order valence-corrected chi connectivity index (χ3v) is 6.72. The number of rotatable bonds is 4. The molecule has 0 aliphatic heterocycles. The van der Waals surface area contributed by atoms with Crippen LogP contribution in [0.5, 0.6) is 0 Å². The lowest BCUT2D eigenvalue weighted by molar-refractivity contribution is -0.167. The number of fused-ring (bicyclic) bond motifs is 2. The van der Waals surface area contributed by atoms with E-state index in [9.17, 15) is 26.8 Å². The molecule has 1 N–H and O–H groups in total. The summed E-state index contributed by atoms with van der Waals surface area (Å²) in [6, 6.07) is 0. The predicted molar refractivity (Wildman–Crippen MR) is 70.6 cm³/mol. The number of carbonyl (C=O) groups excluding carboxylic acids is 2. The molecular formula is C13H18F2O6S. The lowest BCUT2D eigenvalue weighted by atomic mass is 9.65. The van der Waals surface area contributed by atoms with Crippen molar-refractivity contribution in [3.05, 3.63) is 0 Å². The zero-order valence-corrected chi connectivity index (χ0v) is 13.3. The minimum absolute atomic E-state index is 0.104. The van der Waals surface area contributed by atoms with Crippen LogP contribution in [0.2, 0.25) is 0 Å². The molecular weight excluding hydrogens is 322 g/mol. The molecule has 0 aromatic heterocycles. The average Bonchev–Trinajstić information content (AvgIpc) is 2.65. The number of carbonyl (C=O) groups is 2.